The van der Waals surface area contributed by atoms with Crippen molar-refractivity contribution < 1.29 is 19.2 Å². The van der Waals surface area contributed by atoms with Gasteiger partial charge in [-0.1, -0.05) is 17.8 Å². The van der Waals surface area contributed by atoms with Gasteiger partial charge in [-0.25, -0.2) is 0 Å². The van der Waals surface area contributed by atoms with Crippen molar-refractivity contribution in [3.8, 4) is 5.75 Å². The van der Waals surface area contributed by atoms with Crippen molar-refractivity contribution in [2.24, 2.45) is 0 Å². The van der Waals surface area contributed by atoms with Crippen LogP contribution in [0.25, 0.3) is 0 Å². The summed E-state index contributed by atoms with van der Waals surface area (Å²) in [6, 6.07) is 11.1. The summed E-state index contributed by atoms with van der Waals surface area (Å²) in [6.07, 6.45) is 0. The molecular weight excluding hydrogens is 460 g/mol. The molecule has 3 rings (SSSR count). The zero-order valence-electron chi connectivity index (χ0n) is 18.9. The summed E-state index contributed by atoms with van der Waals surface area (Å²) in [7, 11) is 1.56. The first-order valence-electron chi connectivity index (χ1n) is 10.3. The minimum atomic E-state index is -0.511. The normalized spacial score (nSPS) is 10.6. The van der Waals surface area contributed by atoms with Crippen LogP contribution in [0.4, 0.5) is 11.4 Å². The first kappa shape index (κ1) is 24.7. The number of nitro groups is 1. The number of hydrogen-bond acceptors (Lipinski definition) is 8. The number of aromatic nitrogens is 3. The molecule has 1 aromatic heterocycles. The fourth-order valence-corrected chi connectivity index (χ4v) is 3.87. The average molecular weight is 485 g/mol. The second-order valence-electron chi connectivity index (χ2n) is 7.15. The largest absolute Gasteiger partial charge is 0.497 e. The smallest absolute Gasteiger partial charge is 0.271 e. The van der Waals surface area contributed by atoms with E-state index in [0.717, 1.165) is 5.56 Å². The molecule has 2 aromatic carbocycles. The fraction of sp³-hybridized carbons (Fsp3) is 0.273. The van der Waals surface area contributed by atoms with Crippen molar-refractivity contribution in [1.29, 1.82) is 0 Å². The van der Waals surface area contributed by atoms with Gasteiger partial charge in [-0.3, -0.25) is 19.7 Å². The number of amides is 2. The second kappa shape index (κ2) is 11.3. The summed E-state index contributed by atoms with van der Waals surface area (Å²) in [4.78, 5) is 35.3. The number of thioether (sulfide) groups is 1. The zero-order chi connectivity index (χ0) is 24.7. The highest BCUT2D eigenvalue weighted by atomic mass is 32.2. The van der Waals surface area contributed by atoms with E-state index in [4.69, 9.17) is 4.74 Å². The van der Waals surface area contributed by atoms with Gasteiger partial charge >= 0.3 is 0 Å². The van der Waals surface area contributed by atoms with Gasteiger partial charge in [-0.2, -0.15) is 0 Å². The number of methoxy groups -OCH3 is 1. The van der Waals surface area contributed by atoms with E-state index in [2.05, 4.69) is 20.8 Å². The molecule has 2 N–H and O–H groups in total. The summed E-state index contributed by atoms with van der Waals surface area (Å²) in [6.45, 7) is 4.39. The summed E-state index contributed by atoms with van der Waals surface area (Å²) >= 11 is 1.19. The molecule has 2 amide bonds. The van der Waals surface area contributed by atoms with Gasteiger partial charge in [0.2, 0.25) is 5.91 Å². The van der Waals surface area contributed by atoms with Gasteiger partial charge in [0, 0.05) is 24.2 Å². The number of carbonyl (C=O) groups is 2. The van der Waals surface area contributed by atoms with E-state index in [1.54, 1.807) is 44.4 Å². The van der Waals surface area contributed by atoms with Crippen LogP contribution in [0.2, 0.25) is 0 Å². The number of anilines is 1. The molecule has 0 spiro atoms. The third-order valence-corrected chi connectivity index (χ3v) is 5.87. The Balaban J connectivity index is 1.58. The van der Waals surface area contributed by atoms with Crippen LogP contribution in [0.15, 0.2) is 47.6 Å². The zero-order valence-corrected chi connectivity index (χ0v) is 19.7. The van der Waals surface area contributed by atoms with Gasteiger partial charge in [0.1, 0.15) is 5.75 Å². The Morgan fingerprint density at radius 3 is 2.56 bits per heavy atom. The molecule has 0 atom stereocenters. The number of hydrogen-bond donors (Lipinski definition) is 2. The molecule has 34 heavy (non-hydrogen) atoms. The molecule has 0 fully saturated rings. The summed E-state index contributed by atoms with van der Waals surface area (Å²) in [5.41, 5.74) is 1.50. The number of non-ortho nitro benzene ring substituents is 1. The van der Waals surface area contributed by atoms with Crippen LogP contribution < -0.4 is 15.4 Å². The lowest BCUT2D eigenvalue weighted by molar-refractivity contribution is -0.384. The summed E-state index contributed by atoms with van der Waals surface area (Å²) in [5, 5.41) is 25.3. The van der Waals surface area contributed by atoms with Crippen molar-refractivity contribution >= 4 is 35.0 Å². The van der Waals surface area contributed by atoms with Gasteiger partial charge in [-0.05, 0) is 43.7 Å². The third kappa shape index (κ3) is 6.10. The highest BCUT2D eigenvalue weighted by Gasteiger charge is 2.16. The fourth-order valence-electron chi connectivity index (χ4n) is 3.05. The first-order chi connectivity index (χ1) is 16.3. The van der Waals surface area contributed by atoms with Crippen molar-refractivity contribution in [2.45, 2.75) is 32.1 Å². The molecule has 178 valence electrons. The summed E-state index contributed by atoms with van der Waals surface area (Å²) < 4.78 is 6.90. The Bertz CT molecular complexity index is 1190. The topological polar surface area (TPSA) is 141 Å². The van der Waals surface area contributed by atoms with E-state index >= 15 is 0 Å². The van der Waals surface area contributed by atoms with E-state index < -0.39 is 4.92 Å². The molecule has 0 radical (unpaired) electrons. The molecule has 0 aliphatic carbocycles. The average Bonchev–Trinajstić information content (AvgIpc) is 3.24. The standard InChI is InChI=1S/C22H24N6O5S/c1-4-27-19(12-23-21(30)15-6-9-17(33-3)10-7-15)25-26-22(27)34-13-20(29)24-18-11-16(28(31)32)8-5-14(18)2/h5-11H,4,12-13H2,1-3H3,(H,23,30)(H,24,29). The molecule has 1 heterocycles. The van der Waals surface area contributed by atoms with Crippen molar-refractivity contribution in [3.63, 3.8) is 0 Å². The Hall–Kier alpha value is -3.93. The SMILES string of the molecule is CCn1c(CNC(=O)c2ccc(OC)cc2)nnc1SCC(=O)Nc1cc([N+](=O)[O-])ccc1C. The maximum absolute atomic E-state index is 12.4. The number of nitro benzene ring substituents is 1. The van der Waals surface area contributed by atoms with Crippen molar-refractivity contribution in [1.82, 2.24) is 20.1 Å². The highest BCUT2D eigenvalue weighted by molar-refractivity contribution is 7.99. The Morgan fingerprint density at radius 2 is 1.91 bits per heavy atom. The van der Waals surface area contributed by atoms with Crippen LogP contribution in [0, 0.1) is 17.0 Å². The Labute approximate surface area is 200 Å². The van der Waals surface area contributed by atoms with E-state index in [1.807, 2.05) is 11.5 Å². The molecule has 0 aliphatic rings. The Kier molecular flexibility index (Phi) is 8.19. The predicted molar refractivity (Wildman–Crippen MR) is 127 cm³/mol. The van der Waals surface area contributed by atoms with E-state index in [0.29, 0.717) is 34.5 Å². The second-order valence-corrected chi connectivity index (χ2v) is 8.09. The van der Waals surface area contributed by atoms with Gasteiger partial charge < -0.3 is 19.9 Å². The van der Waals surface area contributed by atoms with Crippen molar-refractivity contribution in [2.75, 3.05) is 18.2 Å². The quantitative estimate of drug-likeness (QED) is 0.254. The number of rotatable bonds is 10. The number of aryl methyl sites for hydroxylation is 1. The number of carbonyl (C=O) groups excluding carboxylic acids is 2. The summed E-state index contributed by atoms with van der Waals surface area (Å²) in [5.74, 6) is 0.677. The van der Waals surface area contributed by atoms with Crippen LogP contribution >= 0.6 is 11.8 Å². The van der Waals surface area contributed by atoms with Gasteiger partial charge in [0.05, 0.1) is 30.0 Å². The maximum atomic E-state index is 12.4. The maximum Gasteiger partial charge on any atom is 0.271 e. The van der Waals surface area contributed by atoms with E-state index in [-0.39, 0.29) is 29.8 Å². The lowest BCUT2D eigenvalue weighted by Gasteiger charge is -2.10. The van der Waals surface area contributed by atoms with Crippen molar-refractivity contribution in [3.05, 3.63) is 69.5 Å². The Morgan fingerprint density at radius 1 is 1.18 bits per heavy atom. The molecule has 0 saturated carbocycles. The van der Waals surface area contributed by atoms with Crippen LogP contribution in [0.1, 0.15) is 28.7 Å². The third-order valence-electron chi connectivity index (χ3n) is 4.91. The van der Waals surface area contributed by atoms with Crippen LogP contribution in [0.5, 0.6) is 5.75 Å². The van der Waals surface area contributed by atoms with Gasteiger partial charge in [0.25, 0.3) is 11.6 Å². The lowest BCUT2D eigenvalue weighted by Crippen LogP contribution is -2.24. The molecule has 0 aliphatic heterocycles. The molecule has 0 bridgehead atoms. The first-order valence-corrected chi connectivity index (χ1v) is 11.3. The molecule has 12 heteroatoms. The number of nitrogens with zero attached hydrogens (tertiary/aromatic N) is 4. The molecule has 0 unspecified atom stereocenters. The number of ether oxygens (including phenoxy) is 1. The van der Waals surface area contributed by atoms with Crippen LogP contribution in [-0.2, 0) is 17.9 Å². The molecule has 0 saturated heterocycles. The van der Waals surface area contributed by atoms with E-state index in [9.17, 15) is 19.7 Å². The molecule has 11 nitrogen and oxygen atoms in total. The lowest BCUT2D eigenvalue weighted by atomic mass is 10.2. The monoisotopic (exact) mass is 484 g/mol. The number of benzene rings is 2. The predicted octanol–water partition coefficient (Wildman–Crippen LogP) is 3.18. The minimum Gasteiger partial charge on any atom is -0.497 e. The highest BCUT2D eigenvalue weighted by Crippen LogP contribution is 2.23. The molecule has 3 aromatic rings. The molecular formula is C22H24N6O5S. The van der Waals surface area contributed by atoms with Crippen LogP contribution in [0.3, 0.4) is 0 Å². The van der Waals surface area contributed by atoms with Gasteiger partial charge in [0.15, 0.2) is 11.0 Å². The van der Waals surface area contributed by atoms with Crippen LogP contribution in [-0.4, -0.2) is 44.4 Å². The van der Waals surface area contributed by atoms with E-state index in [1.165, 1.54) is 23.9 Å². The van der Waals surface area contributed by atoms with Gasteiger partial charge in [-0.15, -0.1) is 10.2 Å². The minimum absolute atomic E-state index is 0.0402. The number of nitrogens with one attached hydrogen (secondary N) is 2.